The van der Waals surface area contributed by atoms with Crippen LogP contribution < -0.4 is 10.6 Å². The van der Waals surface area contributed by atoms with Crippen LogP contribution in [0, 0.1) is 0 Å². The van der Waals surface area contributed by atoms with Crippen molar-refractivity contribution in [1.29, 1.82) is 0 Å². The van der Waals surface area contributed by atoms with Gasteiger partial charge in [0.2, 0.25) is 0 Å². The smallest absolute Gasteiger partial charge is 0.0771 e. The molecule has 3 rings (SSSR count). The number of morpholine rings is 1. The van der Waals surface area contributed by atoms with Gasteiger partial charge in [0.1, 0.15) is 0 Å². The Labute approximate surface area is 83.5 Å². The molecule has 0 aliphatic carbocycles. The van der Waals surface area contributed by atoms with Crippen LogP contribution in [0.25, 0.3) is 0 Å². The molecule has 2 fully saturated rings. The van der Waals surface area contributed by atoms with Crippen LogP contribution in [0.5, 0.6) is 0 Å². The van der Waals surface area contributed by atoms with Crippen LogP contribution in [-0.2, 0) is 4.74 Å². The summed E-state index contributed by atoms with van der Waals surface area (Å²) in [5.74, 6) is 0. The SMILES string of the molecule is Nc1ccc(N2CC3CC2CO3)cc1. The minimum atomic E-state index is 0.456. The zero-order valence-corrected chi connectivity index (χ0v) is 8.02. The van der Waals surface area contributed by atoms with Crippen molar-refractivity contribution < 1.29 is 4.74 Å². The van der Waals surface area contributed by atoms with Crippen molar-refractivity contribution in [2.75, 3.05) is 23.8 Å². The molecule has 2 aliphatic rings. The predicted octanol–water partition coefficient (Wildman–Crippen LogP) is 1.25. The van der Waals surface area contributed by atoms with E-state index in [1.807, 2.05) is 12.1 Å². The predicted molar refractivity (Wildman–Crippen MR) is 56.3 cm³/mol. The van der Waals surface area contributed by atoms with E-state index in [2.05, 4.69) is 17.0 Å². The van der Waals surface area contributed by atoms with E-state index in [9.17, 15) is 0 Å². The van der Waals surface area contributed by atoms with Crippen LogP contribution in [0.1, 0.15) is 6.42 Å². The highest BCUT2D eigenvalue weighted by Gasteiger charge is 2.38. The molecule has 14 heavy (non-hydrogen) atoms. The van der Waals surface area contributed by atoms with Gasteiger partial charge in [0.25, 0.3) is 0 Å². The lowest BCUT2D eigenvalue weighted by Crippen LogP contribution is -2.36. The molecule has 2 atom stereocenters. The molecule has 0 radical (unpaired) electrons. The van der Waals surface area contributed by atoms with Gasteiger partial charge < -0.3 is 15.4 Å². The minimum absolute atomic E-state index is 0.456. The lowest BCUT2D eigenvalue weighted by atomic mass is 10.2. The van der Waals surface area contributed by atoms with Crippen LogP contribution in [-0.4, -0.2) is 25.3 Å². The van der Waals surface area contributed by atoms with Gasteiger partial charge in [0.15, 0.2) is 0 Å². The van der Waals surface area contributed by atoms with E-state index in [1.165, 1.54) is 12.1 Å². The van der Waals surface area contributed by atoms with Gasteiger partial charge >= 0.3 is 0 Å². The summed E-state index contributed by atoms with van der Waals surface area (Å²) in [5, 5.41) is 0. The Morgan fingerprint density at radius 3 is 2.64 bits per heavy atom. The maximum Gasteiger partial charge on any atom is 0.0771 e. The summed E-state index contributed by atoms with van der Waals surface area (Å²) in [5.41, 5.74) is 7.76. The van der Waals surface area contributed by atoms with Crippen molar-refractivity contribution in [3.8, 4) is 0 Å². The third-order valence-electron chi connectivity index (χ3n) is 3.13. The Kier molecular flexibility index (Phi) is 1.67. The number of nitrogens with zero attached hydrogens (tertiary/aromatic N) is 1. The number of rotatable bonds is 1. The molecule has 2 bridgehead atoms. The van der Waals surface area contributed by atoms with Gasteiger partial charge in [-0.05, 0) is 30.7 Å². The van der Waals surface area contributed by atoms with Crippen LogP contribution in [0.15, 0.2) is 24.3 Å². The second-order valence-corrected chi connectivity index (χ2v) is 4.09. The fourth-order valence-electron chi connectivity index (χ4n) is 2.38. The highest BCUT2D eigenvalue weighted by molar-refractivity contribution is 5.55. The first-order valence-corrected chi connectivity index (χ1v) is 5.07. The topological polar surface area (TPSA) is 38.5 Å². The molecule has 1 aromatic rings. The molecule has 0 spiro atoms. The summed E-state index contributed by atoms with van der Waals surface area (Å²) in [6.45, 7) is 1.92. The Morgan fingerprint density at radius 1 is 1.29 bits per heavy atom. The van der Waals surface area contributed by atoms with Gasteiger partial charge in [0.05, 0.1) is 18.8 Å². The quantitative estimate of drug-likeness (QED) is 0.677. The van der Waals surface area contributed by atoms with Crippen molar-refractivity contribution in [2.45, 2.75) is 18.6 Å². The van der Waals surface area contributed by atoms with Gasteiger partial charge in [-0.3, -0.25) is 0 Å². The molecule has 2 saturated heterocycles. The normalized spacial score (nSPS) is 29.9. The standard InChI is InChI=1S/C11H14N2O/c12-8-1-3-9(4-2-8)13-6-11-5-10(13)7-14-11/h1-4,10-11H,5-7,12H2. The molecule has 1 aromatic carbocycles. The maximum absolute atomic E-state index is 5.66. The Morgan fingerprint density at radius 2 is 2.07 bits per heavy atom. The molecule has 3 nitrogen and oxygen atoms in total. The number of ether oxygens (including phenoxy) is 1. The average Bonchev–Trinajstić information content (AvgIpc) is 2.80. The molecule has 2 aliphatic heterocycles. The minimum Gasteiger partial charge on any atom is -0.399 e. The molecule has 0 saturated carbocycles. The molecule has 2 N–H and O–H groups in total. The fraction of sp³-hybridized carbons (Fsp3) is 0.455. The summed E-state index contributed by atoms with van der Waals surface area (Å²) in [6, 6.07) is 8.69. The average molecular weight is 190 g/mol. The van der Waals surface area contributed by atoms with E-state index in [0.717, 1.165) is 18.8 Å². The van der Waals surface area contributed by atoms with Crippen molar-refractivity contribution in [3.05, 3.63) is 24.3 Å². The molecule has 2 unspecified atom stereocenters. The molecule has 74 valence electrons. The van der Waals surface area contributed by atoms with Gasteiger partial charge in [-0.1, -0.05) is 0 Å². The number of benzene rings is 1. The number of hydrogen-bond acceptors (Lipinski definition) is 3. The van der Waals surface area contributed by atoms with Crippen LogP contribution in [0.2, 0.25) is 0 Å². The molecular formula is C11H14N2O. The second-order valence-electron chi connectivity index (χ2n) is 4.09. The maximum atomic E-state index is 5.66. The largest absolute Gasteiger partial charge is 0.399 e. The Hall–Kier alpha value is -1.22. The van der Waals surface area contributed by atoms with E-state index in [1.54, 1.807) is 0 Å². The van der Waals surface area contributed by atoms with Crippen LogP contribution >= 0.6 is 0 Å². The monoisotopic (exact) mass is 190 g/mol. The number of fused-ring (bicyclic) bond motifs is 2. The molecule has 0 amide bonds. The first kappa shape index (κ1) is 8.12. The first-order valence-electron chi connectivity index (χ1n) is 5.07. The Balaban J connectivity index is 1.86. The van der Waals surface area contributed by atoms with Gasteiger partial charge in [-0.2, -0.15) is 0 Å². The van der Waals surface area contributed by atoms with E-state index in [-0.39, 0.29) is 0 Å². The van der Waals surface area contributed by atoms with Gasteiger partial charge in [0, 0.05) is 17.9 Å². The lowest BCUT2D eigenvalue weighted by molar-refractivity contribution is 0.0991. The number of nitrogens with two attached hydrogens (primary N) is 1. The Bertz CT molecular complexity index is 336. The van der Waals surface area contributed by atoms with Gasteiger partial charge in [-0.15, -0.1) is 0 Å². The summed E-state index contributed by atoms with van der Waals surface area (Å²) < 4.78 is 5.56. The third-order valence-corrected chi connectivity index (χ3v) is 3.13. The molecular weight excluding hydrogens is 176 g/mol. The second kappa shape index (κ2) is 2.89. The van der Waals surface area contributed by atoms with E-state index >= 15 is 0 Å². The molecule has 2 heterocycles. The van der Waals surface area contributed by atoms with E-state index in [4.69, 9.17) is 10.5 Å². The van der Waals surface area contributed by atoms with Crippen molar-refractivity contribution >= 4 is 11.4 Å². The summed E-state index contributed by atoms with van der Waals surface area (Å²) in [6.07, 6.45) is 1.64. The highest BCUT2D eigenvalue weighted by atomic mass is 16.5. The summed E-state index contributed by atoms with van der Waals surface area (Å²) in [4.78, 5) is 2.42. The van der Waals surface area contributed by atoms with Gasteiger partial charge in [-0.25, -0.2) is 0 Å². The lowest BCUT2D eigenvalue weighted by Gasteiger charge is -2.28. The van der Waals surface area contributed by atoms with Crippen LogP contribution in [0.4, 0.5) is 11.4 Å². The van der Waals surface area contributed by atoms with Crippen molar-refractivity contribution in [2.24, 2.45) is 0 Å². The van der Waals surface area contributed by atoms with E-state index in [0.29, 0.717) is 12.1 Å². The highest BCUT2D eigenvalue weighted by Crippen LogP contribution is 2.32. The number of nitrogen functional groups attached to an aromatic ring is 1. The summed E-state index contributed by atoms with van der Waals surface area (Å²) in [7, 11) is 0. The molecule has 3 heteroatoms. The van der Waals surface area contributed by atoms with Crippen LogP contribution in [0.3, 0.4) is 0 Å². The zero-order chi connectivity index (χ0) is 9.54. The fourth-order valence-corrected chi connectivity index (χ4v) is 2.38. The summed E-state index contributed by atoms with van der Waals surface area (Å²) >= 11 is 0. The first-order chi connectivity index (χ1) is 6.83. The van der Waals surface area contributed by atoms with Crippen molar-refractivity contribution in [1.82, 2.24) is 0 Å². The molecule has 0 aromatic heterocycles. The van der Waals surface area contributed by atoms with Crippen molar-refractivity contribution in [3.63, 3.8) is 0 Å². The number of hydrogen-bond donors (Lipinski definition) is 1. The zero-order valence-electron chi connectivity index (χ0n) is 8.02. The van der Waals surface area contributed by atoms with E-state index < -0.39 is 0 Å². The number of anilines is 2. The third kappa shape index (κ3) is 1.16.